The van der Waals surface area contributed by atoms with Crippen LogP contribution in [0.15, 0.2) is 0 Å². The molecule has 90 valence electrons. The van der Waals surface area contributed by atoms with Gasteiger partial charge in [0.2, 0.25) is 0 Å². The van der Waals surface area contributed by atoms with Crippen molar-refractivity contribution in [3.8, 4) is 0 Å². The van der Waals surface area contributed by atoms with Gasteiger partial charge in [-0.25, -0.2) is 0 Å². The average Bonchev–Trinajstić information content (AvgIpc) is 2.71. The molecule has 2 aliphatic heterocycles. The van der Waals surface area contributed by atoms with E-state index in [-0.39, 0.29) is 1.43 Å². The van der Waals surface area contributed by atoms with Crippen LogP contribution in [0.3, 0.4) is 0 Å². The average molecular weight is 214 g/mol. The highest BCUT2D eigenvalue weighted by molar-refractivity contribution is 4.89. The zero-order valence-electron chi connectivity index (χ0n) is 9.91. The summed E-state index contributed by atoms with van der Waals surface area (Å²) in [4.78, 5) is 4.86. The van der Waals surface area contributed by atoms with Crippen LogP contribution in [0.1, 0.15) is 34.0 Å². The lowest BCUT2D eigenvalue weighted by Crippen LogP contribution is -2.50. The Labute approximate surface area is 94.5 Å². The zero-order chi connectivity index (χ0) is 10.7. The predicted octanol–water partition coefficient (Wildman–Crippen LogP) is 1.17. The molecule has 2 heterocycles. The number of rotatable bonds is 3. The topological polar surface area (TPSA) is 26.7 Å². The first-order valence-electron chi connectivity index (χ1n) is 6.39. The SMILES string of the molecule is CCN1CCC(O)(CN2CCCC2)CC1.[HH]. The van der Waals surface area contributed by atoms with Gasteiger partial charge in [0.15, 0.2) is 0 Å². The summed E-state index contributed by atoms with van der Waals surface area (Å²) in [5, 5.41) is 10.5. The monoisotopic (exact) mass is 214 g/mol. The summed E-state index contributed by atoms with van der Waals surface area (Å²) >= 11 is 0. The van der Waals surface area contributed by atoms with E-state index in [2.05, 4.69) is 16.7 Å². The molecule has 0 aliphatic carbocycles. The highest BCUT2D eigenvalue weighted by Gasteiger charge is 2.34. The molecule has 0 saturated carbocycles. The van der Waals surface area contributed by atoms with Crippen LogP contribution < -0.4 is 0 Å². The van der Waals surface area contributed by atoms with E-state index in [0.717, 1.165) is 39.0 Å². The molecule has 15 heavy (non-hydrogen) atoms. The molecule has 0 aromatic heterocycles. The molecule has 0 bridgehead atoms. The van der Waals surface area contributed by atoms with Gasteiger partial charge in [0.1, 0.15) is 0 Å². The van der Waals surface area contributed by atoms with Crippen molar-refractivity contribution >= 4 is 0 Å². The quantitative estimate of drug-likeness (QED) is 0.764. The lowest BCUT2D eigenvalue weighted by Gasteiger charge is -2.39. The van der Waals surface area contributed by atoms with Crippen molar-refractivity contribution in [3.63, 3.8) is 0 Å². The molecular formula is C12H26N2O. The molecule has 2 fully saturated rings. The van der Waals surface area contributed by atoms with Crippen LogP contribution in [0, 0.1) is 0 Å². The van der Waals surface area contributed by atoms with E-state index in [1.165, 1.54) is 25.9 Å². The Balaban J connectivity index is 0.00000128. The van der Waals surface area contributed by atoms with Crippen molar-refractivity contribution in [2.45, 2.75) is 38.2 Å². The molecule has 0 radical (unpaired) electrons. The normalized spacial score (nSPS) is 28.4. The number of aliphatic hydroxyl groups is 1. The van der Waals surface area contributed by atoms with Crippen LogP contribution in [0.4, 0.5) is 0 Å². The van der Waals surface area contributed by atoms with Gasteiger partial charge in [-0.2, -0.15) is 0 Å². The molecule has 0 amide bonds. The summed E-state index contributed by atoms with van der Waals surface area (Å²) in [7, 11) is 0. The number of likely N-dealkylation sites (tertiary alicyclic amines) is 2. The molecule has 2 saturated heterocycles. The summed E-state index contributed by atoms with van der Waals surface area (Å²) in [6.45, 7) is 8.76. The Morgan fingerprint density at radius 2 is 1.67 bits per heavy atom. The van der Waals surface area contributed by atoms with Gasteiger partial charge in [-0.05, 0) is 45.3 Å². The van der Waals surface area contributed by atoms with Gasteiger partial charge < -0.3 is 14.9 Å². The second-order valence-electron chi connectivity index (χ2n) is 5.14. The number of hydrogen-bond donors (Lipinski definition) is 1. The largest absolute Gasteiger partial charge is 0.388 e. The Morgan fingerprint density at radius 1 is 1.07 bits per heavy atom. The molecular weight excluding hydrogens is 188 g/mol. The van der Waals surface area contributed by atoms with Crippen LogP contribution >= 0.6 is 0 Å². The van der Waals surface area contributed by atoms with Crippen molar-refractivity contribution in [3.05, 3.63) is 0 Å². The fourth-order valence-corrected chi connectivity index (χ4v) is 2.80. The summed E-state index contributed by atoms with van der Waals surface area (Å²) < 4.78 is 0. The standard InChI is InChI=1S/C12H24N2O.H2/c1-2-13-9-5-12(15,6-10-13)11-14-7-3-4-8-14;/h15H,2-11H2,1H3;1H. The molecule has 0 atom stereocenters. The third-order valence-electron chi connectivity index (χ3n) is 3.95. The van der Waals surface area contributed by atoms with Crippen LogP contribution in [0.25, 0.3) is 0 Å². The lowest BCUT2D eigenvalue weighted by molar-refractivity contribution is -0.0405. The third-order valence-corrected chi connectivity index (χ3v) is 3.95. The van der Waals surface area contributed by atoms with E-state index in [1.54, 1.807) is 0 Å². The third kappa shape index (κ3) is 2.92. The van der Waals surface area contributed by atoms with E-state index in [0.29, 0.717) is 0 Å². The highest BCUT2D eigenvalue weighted by atomic mass is 16.3. The predicted molar refractivity (Wildman–Crippen MR) is 64.1 cm³/mol. The lowest BCUT2D eigenvalue weighted by atomic mass is 9.91. The Hall–Kier alpha value is -0.120. The number of nitrogens with zero attached hydrogens (tertiary/aromatic N) is 2. The fourth-order valence-electron chi connectivity index (χ4n) is 2.80. The maximum atomic E-state index is 10.5. The minimum Gasteiger partial charge on any atom is -0.388 e. The first-order chi connectivity index (χ1) is 7.22. The maximum Gasteiger partial charge on any atom is 0.0798 e. The van der Waals surface area contributed by atoms with E-state index >= 15 is 0 Å². The minimum atomic E-state index is -0.393. The molecule has 3 heteroatoms. The van der Waals surface area contributed by atoms with E-state index in [1.807, 2.05) is 0 Å². The Bertz CT molecular complexity index is 199. The van der Waals surface area contributed by atoms with Gasteiger partial charge >= 0.3 is 0 Å². The Morgan fingerprint density at radius 3 is 2.20 bits per heavy atom. The van der Waals surface area contributed by atoms with Gasteiger partial charge in [-0.3, -0.25) is 0 Å². The van der Waals surface area contributed by atoms with Gasteiger partial charge in [0, 0.05) is 21.1 Å². The van der Waals surface area contributed by atoms with E-state index in [9.17, 15) is 5.11 Å². The van der Waals surface area contributed by atoms with Crippen LogP contribution in [0.5, 0.6) is 0 Å². The van der Waals surface area contributed by atoms with Crippen LogP contribution in [-0.4, -0.2) is 59.8 Å². The van der Waals surface area contributed by atoms with Crippen molar-refractivity contribution in [2.75, 3.05) is 39.3 Å². The summed E-state index contributed by atoms with van der Waals surface area (Å²) in [6.07, 6.45) is 4.54. The molecule has 0 spiro atoms. The first-order valence-corrected chi connectivity index (χ1v) is 6.39. The minimum absolute atomic E-state index is 0. The maximum absolute atomic E-state index is 10.5. The molecule has 0 aromatic carbocycles. The zero-order valence-corrected chi connectivity index (χ0v) is 9.91. The molecule has 0 unspecified atom stereocenters. The fraction of sp³-hybridized carbons (Fsp3) is 1.00. The molecule has 1 N–H and O–H groups in total. The summed E-state index contributed by atoms with van der Waals surface area (Å²) in [5.41, 5.74) is -0.393. The number of β-amino-alcohol motifs (C(OH)–C–C–N with tert-alkyl or cyclic N) is 1. The van der Waals surface area contributed by atoms with E-state index in [4.69, 9.17) is 0 Å². The van der Waals surface area contributed by atoms with Crippen molar-refractivity contribution in [1.82, 2.24) is 9.80 Å². The highest BCUT2D eigenvalue weighted by Crippen LogP contribution is 2.24. The number of hydrogen-bond acceptors (Lipinski definition) is 3. The molecule has 2 rings (SSSR count). The van der Waals surface area contributed by atoms with Crippen LogP contribution in [-0.2, 0) is 0 Å². The van der Waals surface area contributed by atoms with Gasteiger partial charge in [-0.15, -0.1) is 0 Å². The van der Waals surface area contributed by atoms with Crippen molar-refractivity contribution in [1.29, 1.82) is 0 Å². The summed E-state index contributed by atoms with van der Waals surface area (Å²) in [6, 6.07) is 0. The second-order valence-corrected chi connectivity index (χ2v) is 5.14. The van der Waals surface area contributed by atoms with Gasteiger partial charge in [0.05, 0.1) is 5.60 Å². The molecule has 0 aromatic rings. The van der Waals surface area contributed by atoms with Crippen molar-refractivity contribution in [2.24, 2.45) is 0 Å². The van der Waals surface area contributed by atoms with Crippen LogP contribution in [0.2, 0.25) is 0 Å². The summed E-state index contributed by atoms with van der Waals surface area (Å²) in [5.74, 6) is 0. The van der Waals surface area contributed by atoms with Crippen molar-refractivity contribution < 1.29 is 6.53 Å². The first kappa shape index (κ1) is 11.4. The number of piperidine rings is 1. The van der Waals surface area contributed by atoms with E-state index < -0.39 is 5.60 Å². The second kappa shape index (κ2) is 4.81. The van der Waals surface area contributed by atoms with Gasteiger partial charge in [0.25, 0.3) is 0 Å². The van der Waals surface area contributed by atoms with Gasteiger partial charge in [-0.1, -0.05) is 6.92 Å². The molecule has 2 aliphatic rings. The smallest absolute Gasteiger partial charge is 0.0798 e. The Kier molecular flexibility index (Phi) is 3.65. The molecule has 3 nitrogen and oxygen atoms in total.